The van der Waals surface area contributed by atoms with Crippen molar-refractivity contribution in [2.24, 2.45) is 11.7 Å². The normalized spacial score (nSPS) is 12.2. The highest BCUT2D eigenvalue weighted by Gasteiger charge is 2.19. The first-order valence-electron chi connectivity index (χ1n) is 7.25. The Balaban J connectivity index is 2.26. The quantitative estimate of drug-likeness (QED) is 0.849. The Morgan fingerprint density at radius 2 is 2.27 bits per heavy atom. The topological polar surface area (TPSA) is 85.8 Å². The molecule has 118 valence electrons. The standard InChI is InChI=1S/C15H20ClN5O/c1-3-13-14(15(22)18-9-10(2)8-17)19-20-21(13)12-6-4-5-11(16)7-12/h4-7,10H,3,8-9,17H2,1-2H3,(H,18,22). The lowest BCUT2D eigenvalue weighted by Gasteiger charge is -2.10. The zero-order chi connectivity index (χ0) is 16.1. The van der Waals surface area contributed by atoms with Crippen LogP contribution in [-0.4, -0.2) is 34.0 Å². The Kier molecular flexibility index (Phi) is 5.51. The highest BCUT2D eigenvalue weighted by Crippen LogP contribution is 2.17. The lowest BCUT2D eigenvalue weighted by atomic mass is 10.2. The molecule has 1 unspecified atom stereocenters. The molecule has 0 spiro atoms. The predicted octanol–water partition coefficient (Wildman–Crippen LogP) is 1.81. The van der Waals surface area contributed by atoms with E-state index >= 15 is 0 Å². The number of hydrogen-bond acceptors (Lipinski definition) is 4. The van der Waals surface area contributed by atoms with Gasteiger partial charge >= 0.3 is 0 Å². The molecule has 0 saturated carbocycles. The van der Waals surface area contributed by atoms with Gasteiger partial charge in [-0.2, -0.15) is 0 Å². The number of nitrogens with one attached hydrogen (secondary N) is 1. The molecule has 6 nitrogen and oxygen atoms in total. The number of carbonyl (C=O) groups excluding carboxylic acids is 1. The largest absolute Gasteiger partial charge is 0.350 e. The van der Waals surface area contributed by atoms with Crippen LogP contribution in [0.15, 0.2) is 24.3 Å². The van der Waals surface area contributed by atoms with Gasteiger partial charge in [0.25, 0.3) is 5.91 Å². The molecule has 0 aliphatic rings. The van der Waals surface area contributed by atoms with Crippen molar-refractivity contribution in [1.82, 2.24) is 20.3 Å². The highest BCUT2D eigenvalue weighted by molar-refractivity contribution is 6.30. The zero-order valence-electron chi connectivity index (χ0n) is 12.7. The van der Waals surface area contributed by atoms with Gasteiger partial charge in [0.15, 0.2) is 5.69 Å². The Bertz CT molecular complexity index is 655. The Labute approximate surface area is 134 Å². The summed E-state index contributed by atoms with van der Waals surface area (Å²) in [6.07, 6.45) is 0.634. The molecule has 1 aromatic carbocycles. The van der Waals surface area contributed by atoms with Crippen molar-refractivity contribution in [3.8, 4) is 5.69 Å². The van der Waals surface area contributed by atoms with Crippen molar-refractivity contribution in [2.45, 2.75) is 20.3 Å². The van der Waals surface area contributed by atoms with Crippen LogP contribution in [-0.2, 0) is 6.42 Å². The second-order valence-corrected chi connectivity index (χ2v) is 5.62. The minimum atomic E-state index is -0.231. The first-order chi connectivity index (χ1) is 10.6. The van der Waals surface area contributed by atoms with Gasteiger partial charge in [-0.25, -0.2) is 4.68 Å². The maximum atomic E-state index is 12.3. The van der Waals surface area contributed by atoms with Crippen LogP contribution in [0.5, 0.6) is 0 Å². The zero-order valence-corrected chi connectivity index (χ0v) is 13.5. The minimum absolute atomic E-state index is 0.219. The molecule has 3 N–H and O–H groups in total. The van der Waals surface area contributed by atoms with Gasteiger partial charge in [0.1, 0.15) is 0 Å². The summed E-state index contributed by atoms with van der Waals surface area (Å²) in [5, 5.41) is 11.6. The maximum Gasteiger partial charge on any atom is 0.273 e. The summed E-state index contributed by atoms with van der Waals surface area (Å²) in [6, 6.07) is 7.28. The second kappa shape index (κ2) is 7.38. The molecule has 7 heteroatoms. The third kappa shape index (κ3) is 3.64. The van der Waals surface area contributed by atoms with E-state index in [1.807, 2.05) is 26.0 Å². The van der Waals surface area contributed by atoms with Gasteiger partial charge in [-0.1, -0.05) is 36.7 Å². The van der Waals surface area contributed by atoms with Crippen LogP contribution in [0.3, 0.4) is 0 Å². The predicted molar refractivity (Wildman–Crippen MR) is 86.3 cm³/mol. The molecule has 1 aromatic heterocycles. The maximum absolute atomic E-state index is 12.3. The van der Waals surface area contributed by atoms with Gasteiger partial charge in [0.05, 0.1) is 11.4 Å². The fourth-order valence-electron chi connectivity index (χ4n) is 2.04. The lowest BCUT2D eigenvalue weighted by Crippen LogP contribution is -2.32. The van der Waals surface area contributed by atoms with Crippen molar-refractivity contribution < 1.29 is 4.79 Å². The van der Waals surface area contributed by atoms with E-state index in [9.17, 15) is 4.79 Å². The number of rotatable bonds is 6. The monoisotopic (exact) mass is 321 g/mol. The molecule has 1 atom stereocenters. The average molecular weight is 322 g/mol. The van der Waals surface area contributed by atoms with Gasteiger partial charge < -0.3 is 11.1 Å². The van der Waals surface area contributed by atoms with Crippen LogP contribution in [0.2, 0.25) is 5.02 Å². The van der Waals surface area contributed by atoms with Gasteiger partial charge in [-0.05, 0) is 37.1 Å². The number of hydrogen-bond donors (Lipinski definition) is 2. The van der Waals surface area contributed by atoms with Crippen molar-refractivity contribution in [3.63, 3.8) is 0 Å². The average Bonchev–Trinajstić information content (AvgIpc) is 2.96. The molecule has 0 aliphatic heterocycles. The van der Waals surface area contributed by atoms with Crippen molar-refractivity contribution in [3.05, 3.63) is 40.7 Å². The number of carbonyl (C=O) groups is 1. The van der Waals surface area contributed by atoms with Crippen LogP contribution in [0.4, 0.5) is 0 Å². The first kappa shape index (κ1) is 16.5. The SMILES string of the molecule is CCc1c(C(=O)NCC(C)CN)nnn1-c1cccc(Cl)c1. The number of nitrogens with two attached hydrogens (primary N) is 1. The van der Waals surface area contributed by atoms with E-state index in [1.54, 1.807) is 16.8 Å². The molecular formula is C15H20ClN5O. The van der Waals surface area contributed by atoms with Gasteiger partial charge in [0.2, 0.25) is 0 Å². The second-order valence-electron chi connectivity index (χ2n) is 5.18. The summed E-state index contributed by atoms with van der Waals surface area (Å²) in [5.41, 5.74) is 7.42. The van der Waals surface area contributed by atoms with Crippen LogP contribution < -0.4 is 11.1 Å². The van der Waals surface area contributed by atoms with Crippen LogP contribution in [0.1, 0.15) is 30.0 Å². The van der Waals surface area contributed by atoms with E-state index in [-0.39, 0.29) is 11.8 Å². The van der Waals surface area contributed by atoms with Crippen LogP contribution in [0.25, 0.3) is 5.69 Å². The van der Waals surface area contributed by atoms with E-state index in [4.69, 9.17) is 17.3 Å². The van der Waals surface area contributed by atoms with E-state index in [0.29, 0.717) is 30.2 Å². The lowest BCUT2D eigenvalue weighted by molar-refractivity contribution is 0.0942. The molecule has 22 heavy (non-hydrogen) atoms. The van der Waals surface area contributed by atoms with Crippen molar-refractivity contribution in [2.75, 3.05) is 13.1 Å². The number of nitrogens with zero attached hydrogens (tertiary/aromatic N) is 3. The van der Waals surface area contributed by atoms with Crippen LogP contribution >= 0.6 is 11.6 Å². The molecule has 0 aliphatic carbocycles. The van der Waals surface area contributed by atoms with E-state index in [1.165, 1.54) is 0 Å². The molecule has 2 rings (SSSR count). The Morgan fingerprint density at radius 3 is 2.91 bits per heavy atom. The van der Waals surface area contributed by atoms with Gasteiger partial charge in [0, 0.05) is 11.6 Å². The summed E-state index contributed by atoms with van der Waals surface area (Å²) in [6.45, 7) is 4.97. The van der Waals surface area contributed by atoms with E-state index in [2.05, 4.69) is 15.6 Å². The fourth-order valence-corrected chi connectivity index (χ4v) is 2.23. The summed E-state index contributed by atoms with van der Waals surface area (Å²) in [7, 11) is 0. The molecule has 0 fully saturated rings. The Hall–Kier alpha value is -1.92. The minimum Gasteiger partial charge on any atom is -0.350 e. The third-order valence-electron chi connectivity index (χ3n) is 3.38. The Morgan fingerprint density at radius 1 is 1.50 bits per heavy atom. The number of benzene rings is 1. The highest BCUT2D eigenvalue weighted by atomic mass is 35.5. The van der Waals surface area contributed by atoms with E-state index < -0.39 is 0 Å². The van der Waals surface area contributed by atoms with Gasteiger partial charge in [-0.15, -0.1) is 5.10 Å². The molecule has 0 radical (unpaired) electrons. The smallest absolute Gasteiger partial charge is 0.273 e. The van der Waals surface area contributed by atoms with Crippen LogP contribution in [0, 0.1) is 5.92 Å². The number of aromatic nitrogens is 3. The van der Waals surface area contributed by atoms with Crippen molar-refractivity contribution in [1.29, 1.82) is 0 Å². The molecule has 2 aromatic rings. The van der Waals surface area contributed by atoms with E-state index in [0.717, 1.165) is 11.4 Å². The number of amides is 1. The fraction of sp³-hybridized carbons (Fsp3) is 0.400. The molecule has 0 saturated heterocycles. The molecule has 0 bridgehead atoms. The third-order valence-corrected chi connectivity index (χ3v) is 3.61. The molecule has 1 amide bonds. The first-order valence-corrected chi connectivity index (χ1v) is 7.63. The molecule has 1 heterocycles. The van der Waals surface area contributed by atoms with Gasteiger partial charge in [-0.3, -0.25) is 4.79 Å². The summed E-state index contributed by atoms with van der Waals surface area (Å²) in [5.74, 6) is -0.0116. The summed E-state index contributed by atoms with van der Waals surface area (Å²) in [4.78, 5) is 12.3. The molecular weight excluding hydrogens is 302 g/mol. The van der Waals surface area contributed by atoms with Crippen molar-refractivity contribution >= 4 is 17.5 Å². The summed E-state index contributed by atoms with van der Waals surface area (Å²) >= 11 is 6.01. The summed E-state index contributed by atoms with van der Waals surface area (Å²) < 4.78 is 1.65. The number of halogens is 1.